The van der Waals surface area contributed by atoms with E-state index >= 15 is 0 Å². The molecule has 0 unspecified atom stereocenters. The van der Waals surface area contributed by atoms with Crippen LogP contribution in [0.4, 0.5) is 5.82 Å². The molecule has 0 radical (unpaired) electrons. The molecule has 2 rings (SSSR count). The van der Waals surface area contributed by atoms with Crippen LogP contribution in [0.15, 0.2) is 23.4 Å². The molecule has 0 fully saturated rings. The van der Waals surface area contributed by atoms with Gasteiger partial charge in [0.1, 0.15) is 0 Å². The van der Waals surface area contributed by atoms with Crippen LogP contribution in [0, 0.1) is 0 Å². The number of hydrogen-bond donors (Lipinski definition) is 2. The second kappa shape index (κ2) is 2.99. The minimum Gasteiger partial charge on any atom is -0.379 e. The van der Waals surface area contributed by atoms with Gasteiger partial charge in [0.2, 0.25) is 0 Å². The predicted octanol–water partition coefficient (Wildman–Crippen LogP) is -0.247. The molecule has 0 spiro atoms. The number of anilines is 1. The quantitative estimate of drug-likeness (QED) is 0.650. The Morgan fingerprint density at radius 2 is 2.29 bits per heavy atom. The van der Waals surface area contributed by atoms with Crippen LogP contribution in [0.1, 0.15) is 0 Å². The molecule has 0 bridgehead atoms. The molecule has 0 amide bonds. The van der Waals surface area contributed by atoms with Crippen LogP contribution in [0.2, 0.25) is 0 Å². The van der Waals surface area contributed by atoms with Crippen LogP contribution in [-0.4, -0.2) is 19.7 Å². The van der Waals surface area contributed by atoms with Gasteiger partial charge in [-0.3, -0.25) is 9.48 Å². The molecule has 2 aromatic heterocycles. The number of nitrogen functional groups attached to an aromatic ring is 1. The van der Waals surface area contributed by atoms with E-state index in [2.05, 4.69) is 15.1 Å². The van der Waals surface area contributed by atoms with Crippen molar-refractivity contribution >= 4 is 5.82 Å². The van der Waals surface area contributed by atoms with E-state index in [1.807, 2.05) is 0 Å². The summed E-state index contributed by atoms with van der Waals surface area (Å²) in [5.41, 5.74) is 6.32. The number of H-pyrrole nitrogens is 1. The third-order valence-electron chi connectivity index (χ3n) is 1.83. The first-order chi connectivity index (χ1) is 6.66. The zero-order valence-electron chi connectivity index (χ0n) is 7.56. The van der Waals surface area contributed by atoms with Crippen molar-refractivity contribution in [1.82, 2.24) is 19.7 Å². The van der Waals surface area contributed by atoms with Crippen molar-refractivity contribution in [2.75, 3.05) is 5.73 Å². The molecule has 14 heavy (non-hydrogen) atoms. The van der Waals surface area contributed by atoms with Gasteiger partial charge in [-0.25, -0.2) is 4.98 Å². The third-order valence-corrected chi connectivity index (χ3v) is 1.83. The molecular formula is C8H9N5O. The van der Waals surface area contributed by atoms with Crippen LogP contribution in [0.25, 0.3) is 11.3 Å². The Morgan fingerprint density at radius 1 is 1.50 bits per heavy atom. The van der Waals surface area contributed by atoms with Crippen molar-refractivity contribution in [3.8, 4) is 11.3 Å². The van der Waals surface area contributed by atoms with Crippen LogP contribution in [0.5, 0.6) is 0 Å². The van der Waals surface area contributed by atoms with E-state index in [9.17, 15) is 4.79 Å². The molecule has 0 saturated heterocycles. The molecule has 0 atom stereocenters. The van der Waals surface area contributed by atoms with E-state index in [0.29, 0.717) is 5.69 Å². The maximum absolute atomic E-state index is 11.1. The zero-order chi connectivity index (χ0) is 10.1. The molecule has 0 aliphatic rings. The maximum atomic E-state index is 11.1. The van der Waals surface area contributed by atoms with Gasteiger partial charge in [-0.05, 0) is 0 Å². The number of aromatic amines is 1. The molecule has 0 saturated carbocycles. The lowest BCUT2D eigenvalue weighted by Crippen LogP contribution is -2.13. The molecule has 0 aliphatic carbocycles. The van der Waals surface area contributed by atoms with E-state index in [4.69, 9.17) is 5.73 Å². The van der Waals surface area contributed by atoms with Crippen LogP contribution < -0.4 is 11.3 Å². The number of hydrogen-bond acceptors (Lipinski definition) is 4. The predicted molar refractivity (Wildman–Crippen MR) is 51.5 cm³/mol. The Kier molecular flexibility index (Phi) is 1.81. The maximum Gasteiger partial charge on any atom is 0.290 e. The summed E-state index contributed by atoms with van der Waals surface area (Å²) in [7, 11) is 1.80. The first kappa shape index (κ1) is 8.49. The van der Waals surface area contributed by atoms with Crippen LogP contribution in [-0.2, 0) is 7.05 Å². The van der Waals surface area contributed by atoms with E-state index in [-0.39, 0.29) is 11.4 Å². The van der Waals surface area contributed by atoms with Gasteiger partial charge in [0.15, 0.2) is 5.82 Å². The SMILES string of the molecule is Cn1cc(-c2cnc(N)c(=O)[nH]2)cn1. The highest BCUT2D eigenvalue weighted by Crippen LogP contribution is 2.12. The summed E-state index contributed by atoms with van der Waals surface area (Å²) in [4.78, 5) is 17.5. The Labute approximate surface area is 79.4 Å². The molecule has 0 aromatic carbocycles. The number of nitrogens with zero attached hydrogens (tertiary/aromatic N) is 3. The fourth-order valence-electron chi connectivity index (χ4n) is 1.12. The Morgan fingerprint density at radius 3 is 2.86 bits per heavy atom. The number of aryl methyl sites for hydroxylation is 1. The summed E-state index contributed by atoms with van der Waals surface area (Å²) < 4.78 is 1.64. The van der Waals surface area contributed by atoms with Gasteiger partial charge in [-0.15, -0.1) is 0 Å². The highest BCUT2D eigenvalue weighted by Gasteiger charge is 2.03. The molecule has 3 N–H and O–H groups in total. The van der Waals surface area contributed by atoms with Gasteiger partial charge in [0.05, 0.1) is 18.1 Å². The molecule has 0 aliphatic heterocycles. The lowest BCUT2D eigenvalue weighted by molar-refractivity contribution is 0.768. The minimum atomic E-state index is -0.383. The first-order valence-corrected chi connectivity index (χ1v) is 4.00. The van der Waals surface area contributed by atoms with Crippen molar-refractivity contribution in [2.24, 2.45) is 7.05 Å². The van der Waals surface area contributed by atoms with Gasteiger partial charge < -0.3 is 10.7 Å². The highest BCUT2D eigenvalue weighted by molar-refractivity contribution is 5.56. The standard InChI is InChI=1S/C8H9N5O/c1-13-4-5(2-11-13)6-3-10-7(9)8(14)12-6/h2-4H,1H3,(H2,9,10)(H,12,14). The van der Waals surface area contributed by atoms with Crippen molar-refractivity contribution in [1.29, 1.82) is 0 Å². The largest absolute Gasteiger partial charge is 0.379 e. The van der Waals surface area contributed by atoms with E-state index in [1.54, 1.807) is 24.1 Å². The number of rotatable bonds is 1. The number of nitrogens with one attached hydrogen (secondary N) is 1. The average Bonchev–Trinajstić information content (AvgIpc) is 2.57. The van der Waals surface area contributed by atoms with E-state index < -0.39 is 0 Å². The second-order valence-electron chi connectivity index (χ2n) is 2.91. The first-order valence-electron chi connectivity index (χ1n) is 4.00. The van der Waals surface area contributed by atoms with E-state index in [0.717, 1.165) is 5.56 Å². The fourth-order valence-corrected chi connectivity index (χ4v) is 1.12. The number of nitrogens with two attached hydrogens (primary N) is 1. The molecule has 72 valence electrons. The highest BCUT2D eigenvalue weighted by atomic mass is 16.1. The third kappa shape index (κ3) is 1.37. The Bertz CT molecular complexity index is 512. The molecule has 6 heteroatoms. The lowest BCUT2D eigenvalue weighted by atomic mass is 10.3. The monoisotopic (exact) mass is 191 g/mol. The topological polar surface area (TPSA) is 89.6 Å². The normalized spacial score (nSPS) is 10.4. The zero-order valence-corrected chi connectivity index (χ0v) is 7.56. The molecule has 6 nitrogen and oxygen atoms in total. The van der Waals surface area contributed by atoms with Gasteiger partial charge in [0.25, 0.3) is 5.56 Å². The lowest BCUT2D eigenvalue weighted by Gasteiger charge is -1.96. The molecular weight excluding hydrogens is 182 g/mol. The Hall–Kier alpha value is -2.11. The van der Waals surface area contributed by atoms with Gasteiger partial charge in [-0.1, -0.05) is 0 Å². The van der Waals surface area contributed by atoms with Gasteiger partial charge in [-0.2, -0.15) is 5.10 Å². The van der Waals surface area contributed by atoms with Crippen molar-refractivity contribution in [3.05, 3.63) is 28.9 Å². The molecule has 2 heterocycles. The Balaban J connectivity index is 2.53. The molecule has 2 aromatic rings. The fraction of sp³-hybridized carbons (Fsp3) is 0.125. The van der Waals surface area contributed by atoms with Gasteiger partial charge in [0, 0.05) is 18.8 Å². The van der Waals surface area contributed by atoms with E-state index in [1.165, 1.54) is 6.20 Å². The summed E-state index contributed by atoms with van der Waals surface area (Å²) in [6.45, 7) is 0. The number of aromatic nitrogens is 4. The minimum absolute atomic E-state index is 0.0300. The second-order valence-corrected chi connectivity index (χ2v) is 2.91. The van der Waals surface area contributed by atoms with Crippen molar-refractivity contribution in [3.63, 3.8) is 0 Å². The summed E-state index contributed by atoms with van der Waals surface area (Å²) in [6, 6.07) is 0. The van der Waals surface area contributed by atoms with Crippen LogP contribution in [0.3, 0.4) is 0 Å². The average molecular weight is 191 g/mol. The summed E-state index contributed by atoms with van der Waals surface area (Å²) >= 11 is 0. The van der Waals surface area contributed by atoms with Crippen molar-refractivity contribution in [2.45, 2.75) is 0 Å². The summed E-state index contributed by atoms with van der Waals surface area (Å²) in [5, 5.41) is 3.98. The van der Waals surface area contributed by atoms with Gasteiger partial charge >= 0.3 is 0 Å². The summed E-state index contributed by atoms with van der Waals surface area (Å²) in [6.07, 6.45) is 4.93. The van der Waals surface area contributed by atoms with Crippen molar-refractivity contribution < 1.29 is 0 Å². The van der Waals surface area contributed by atoms with Crippen LogP contribution >= 0.6 is 0 Å². The smallest absolute Gasteiger partial charge is 0.290 e. The summed E-state index contributed by atoms with van der Waals surface area (Å²) in [5.74, 6) is -0.0300.